The lowest BCUT2D eigenvalue weighted by Gasteiger charge is -2.23. The van der Waals surface area contributed by atoms with Crippen molar-refractivity contribution in [2.75, 3.05) is 10.6 Å². The number of nitrogens with one attached hydrogen (secondary N) is 2. The fraction of sp³-hybridized carbons (Fsp3) is 0.353. The number of carbonyl (C=O) groups is 1. The highest BCUT2D eigenvalue weighted by molar-refractivity contribution is 6.01. The van der Waals surface area contributed by atoms with Gasteiger partial charge >= 0.3 is 0 Å². The Hall–Kier alpha value is -2.83. The molecule has 0 aliphatic heterocycles. The molecule has 0 saturated heterocycles. The number of pyridine rings is 1. The number of aromatic nitrogens is 3. The molecule has 0 unspecified atom stereocenters. The van der Waals surface area contributed by atoms with Crippen LogP contribution in [0.1, 0.15) is 42.7 Å². The molecule has 0 bridgehead atoms. The van der Waals surface area contributed by atoms with Gasteiger partial charge in [0, 0.05) is 24.0 Å². The molecule has 3 heterocycles. The van der Waals surface area contributed by atoms with E-state index >= 15 is 0 Å². The van der Waals surface area contributed by atoms with Crippen LogP contribution in [0.2, 0.25) is 0 Å². The van der Waals surface area contributed by atoms with Gasteiger partial charge in [-0.1, -0.05) is 19.3 Å². The fourth-order valence-corrected chi connectivity index (χ4v) is 3.08. The van der Waals surface area contributed by atoms with Crippen molar-refractivity contribution in [3.63, 3.8) is 0 Å². The highest BCUT2D eigenvalue weighted by Gasteiger charge is 2.15. The number of hydrogen-bond acceptors (Lipinski definition) is 5. The van der Waals surface area contributed by atoms with E-state index in [2.05, 4.69) is 20.7 Å². The standard InChI is InChI=1S/C17H19N5O2/c23-16(14-7-4-10-24-14)20-17-19-15-11-13(8-9-22(15)21-17)18-12-5-2-1-3-6-12/h4,7-12,18H,1-3,5-6H2,(H,20,21,23). The normalized spacial score (nSPS) is 15.5. The lowest BCUT2D eigenvalue weighted by Crippen LogP contribution is -2.22. The molecule has 4 rings (SSSR count). The van der Waals surface area contributed by atoms with Gasteiger partial charge in [-0.15, -0.1) is 5.10 Å². The van der Waals surface area contributed by atoms with Crippen LogP contribution in [0.15, 0.2) is 41.1 Å². The Kier molecular flexibility index (Phi) is 3.90. The number of carbonyl (C=O) groups excluding carboxylic acids is 1. The molecule has 7 heteroatoms. The maximum atomic E-state index is 12.0. The van der Waals surface area contributed by atoms with Crippen molar-refractivity contribution in [2.45, 2.75) is 38.1 Å². The van der Waals surface area contributed by atoms with E-state index in [-0.39, 0.29) is 17.6 Å². The number of furan rings is 1. The van der Waals surface area contributed by atoms with Crippen molar-refractivity contribution in [3.8, 4) is 0 Å². The SMILES string of the molecule is O=C(Nc1nc2cc(NC3CCCCC3)ccn2n1)c1ccco1. The zero-order chi connectivity index (χ0) is 16.4. The highest BCUT2D eigenvalue weighted by Crippen LogP contribution is 2.22. The second kappa shape index (κ2) is 6.35. The summed E-state index contributed by atoms with van der Waals surface area (Å²) in [6.07, 6.45) is 9.62. The summed E-state index contributed by atoms with van der Waals surface area (Å²) in [4.78, 5) is 16.3. The molecule has 1 saturated carbocycles. The van der Waals surface area contributed by atoms with Gasteiger partial charge in [-0.05, 0) is 31.0 Å². The summed E-state index contributed by atoms with van der Waals surface area (Å²) in [6, 6.07) is 7.72. The third kappa shape index (κ3) is 3.10. The van der Waals surface area contributed by atoms with Crippen LogP contribution < -0.4 is 10.6 Å². The smallest absolute Gasteiger partial charge is 0.293 e. The van der Waals surface area contributed by atoms with Crippen molar-refractivity contribution in [1.29, 1.82) is 0 Å². The van der Waals surface area contributed by atoms with Gasteiger partial charge in [-0.2, -0.15) is 4.98 Å². The summed E-state index contributed by atoms with van der Waals surface area (Å²) in [5.74, 6) is 0.121. The Morgan fingerprint density at radius 3 is 2.92 bits per heavy atom. The first kappa shape index (κ1) is 14.7. The molecule has 0 atom stereocenters. The number of rotatable bonds is 4. The van der Waals surface area contributed by atoms with E-state index in [9.17, 15) is 4.79 Å². The molecule has 3 aromatic heterocycles. The average molecular weight is 325 g/mol. The molecule has 3 aromatic rings. The summed E-state index contributed by atoms with van der Waals surface area (Å²) >= 11 is 0. The molecule has 0 spiro atoms. The van der Waals surface area contributed by atoms with Gasteiger partial charge in [-0.25, -0.2) is 4.52 Å². The molecule has 1 fully saturated rings. The summed E-state index contributed by atoms with van der Waals surface area (Å²) in [6.45, 7) is 0. The van der Waals surface area contributed by atoms with Crippen molar-refractivity contribution in [2.24, 2.45) is 0 Å². The van der Waals surface area contributed by atoms with E-state index in [1.165, 1.54) is 38.4 Å². The van der Waals surface area contributed by atoms with E-state index in [0.717, 1.165) is 5.69 Å². The van der Waals surface area contributed by atoms with Crippen molar-refractivity contribution in [1.82, 2.24) is 14.6 Å². The maximum absolute atomic E-state index is 12.0. The number of amides is 1. The van der Waals surface area contributed by atoms with E-state index in [1.54, 1.807) is 16.6 Å². The van der Waals surface area contributed by atoms with Gasteiger partial charge in [0.15, 0.2) is 11.4 Å². The zero-order valence-corrected chi connectivity index (χ0v) is 13.2. The largest absolute Gasteiger partial charge is 0.459 e. The highest BCUT2D eigenvalue weighted by atomic mass is 16.3. The number of fused-ring (bicyclic) bond motifs is 1. The van der Waals surface area contributed by atoms with E-state index in [4.69, 9.17) is 4.42 Å². The van der Waals surface area contributed by atoms with Gasteiger partial charge in [0.25, 0.3) is 5.91 Å². The third-order valence-corrected chi connectivity index (χ3v) is 4.28. The lowest BCUT2D eigenvalue weighted by atomic mass is 9.95. The van der Waals surface area contributed by atoms with Gasteiger partial charge in [0.1, 0.15) is 0 Å². The minimum absolute atomic E-state index is 0.230. The van der Waals surface area contributed by atoms with Crippen LogP contribution in [0.4, 0.5) is 11.6 Å². The van der Waals surface area contributed by atoms with Crippen LogP contribution in [0.3, 0.4) is 0 Å². The first-order chi connectivity index (χ1) is 11.8. The van der Waals surface area contributed by atoms with Crippen LogP contribution in [-0.4, -0.2) is 26.5 Å². The second-order valence-corrected chi connectivity index (χ2v) is 6.06. The topological polar surface area (TPSA) is 84.5 Å². The Balaban J connectivity index is 1.49. The minimum Gasteiger partial charge on any atom is -0.459 e. The molecule has 7 nitrogen and oxygen atoms in total. The molecule has 0 radical (unpaired) electrons. The number of nitrogens with zero attached hydrogens (tertiary/aromatic N) is 3. The van der Waals surface area contributed by atoms with Gasteiger partial charge in [0.2, 0.25) is 5.95 Å². The number of anilines is 2. The van der Waals surface area contributed by atoms with Crippen molar-refractivity contribution in [3.05, 3.63) is 42.5 Å². The Bertz CT molecular complexity index is 834. The van der Waals surface area contributed by atoms with Gasteiger partial charge < -0.3 is 9.73 Å². The van der Waals surface area contributed by atoms with E-state index < -0.39 is 0 Å². The predicted octanol–water partition coefficient (Wildman–Crippen LogP) is 3.32. The third-order valence-electron chi connectivity index (χ3n) is 4.28. The Labute approximate surface area is 139 Å². The van der Waals surface area contributed by atoms with Crippen LogP contribution in [0.25, 0.3) is 5.65 Å². The second-order valence-electron chi connectivity index (χ2n) is 6.06. The molecular formula is C17H19N5O2. The van der Waals surface area contributed by atoms with Crippen LogP contribution >= 0.6 is 0 Å². The molecule has 1 amide bonds. The number of hydrogen-bond donors (Lipinski definition) is 2. The van der Waals surface area contributed by atoms with Crippen molar-refractivity contribution >= 4 is 23.2 Å². The van der Waals surface area contributed by atoms with Gasteiger partial charge in [0.05, 0.1) is 6.26 Å². The molecule has 2 N–H and O–H groups in total. The van der Waals surface area contributed by atoms with Gasteiger partial charge in [-0.3, -0.25) is 10.1 Å². The van der Waals surface area contributed by atoms with Crippen molar-refractivity contribution < 1.29 is 9.21 Å². The molecule has 24 heavy (non-hydrogen) atoms. The summed E-state index contributed by atoms with van der Waals surface area (Å²) in [7, 11) is 0. The molecule has 1 aliphatic rings. The monoisotopic (exact) mass is 325 g/mol. The van der Waals surface area contributed by atoms with Crippen LogP contribution in [0.5, 0.6) is 0 Å². The summed E-state index contributed by atoms with van der Waals surface area (Å²) < 4.78 is 6.70. The first-order valence-electron chi connectivity index (χ1n) is 8.26. The summed E-state index contributed by atoms with van der Waals surface area (Å²) in [5.41, 5.74) is 1.72. The molecule has 124 valence electrons. The lowest BCUT2D eigenvalue weighted by molar-refractivity contribution is 0.0996. The Morgan fingerprint density at radius 2 is 2.12 bits per heavy atom. The van der Waals surface area contributed by atoms with E-state index in [0.29, 0.717) is 11.7 Å². The van der Waals surface area contributed by atoms with E-state index in [1.807, 2.05) is 18.3 Å². The van der Waals surface area contributed by atoms with Crippen LogP contribution in [-0.2, 0) is 0 Å². The first-order valence-corrected chi connectivity index (χ1v) is 8.26. The summed E-state index contributed by atoms with van der Waals surface area (Å²) in [5, 5.41) is 10.5. The predicted molar refractivity (Wildman–Crippen MR) is 90.1 cm³/mol. The minimum atomic E-state index is -0.364. The fourth-order valence-electron chi connectivity index (χ4n) is 3.08. The zero-order valence-electron chi connectivity index (χ0n) is 13.2. The molecule has 0 aromatic carbocycles. The maximum Gasteiger partial charge on any atom is 0.293 e. The molecule has 1 aliphatic carbocycles. The Morgan fingerprint density at radius 1 is 1.25 bits per heavy atom. The quantitative estimate of drug-likeness (QED) is 0.768. The molecular weight excluding hydrogens is 306 g/mol. The average Bonchev–Trinajstić information content (AvgIpc) is 3.24. The van der Waals surface area contributed by atoms with Crippen LogP contribution in [0, 0.1) is 0 Å².